The molecule has 0 radical (unpaired) electrons. The van der Waals surface area contributed by atoms with Gasteiger partial charge in [-0.3, -0.25) is 0 Å². The Balaban J connectivity index is 1.51. The Morgan fingerprint density at radius 1 is 1.31 bits per heavy atom. The Morgan fingerprint density at radius 3 is 2.73 bits per heavy atom. The fourth-order valence-corrected chi connectivity index (χ4v) is 5.59. The fourth-order valence-electron chi connectivity index (χ4n) is 3.24. The molecule has 1 fully saturated rings. The molecule has 1 saturated heterocycles. The molecule has 2 aromatic rings. The second-order valence-electron chi connectivity index (χ2n) is 6.32. The van der Waals surface area contributed by atoms with Crippen molar-refractivity contribution in [1.29, 1.82) is 0 Å². The number of thiophene rings is 1. The zero-order valence-corrected chi connectivity index (χ0v) is 17.0. The van der Waals surface area contributed by atoms with Gasteiger partial charge in [0.15, 0.2) is 0 Å². The molecule has 1 aromatic carbocycles. The lowest BCUT2D eigenvalue weighted by atomic mass is 9.95. The molecule has 1 aromatic heterocycles. The van der Waals surface area contributed by atoms with E-state index in [9.17, 15) is 8.42 Å². The van der Waals surface area contributed by atoms with Crippen molar-refractivity contribution in [3.63, 3.8) is 0 Å². The van der Waals surface area contributed by atoms with E-state index in [1.54, 1.807) is 12.1 Å². The molecule has 0 saturated carbocycles. The number of piperidine rings is 1. The number of nitrogens with zero attached hydrogens (tertiary/aromatic N) is 1. The van der Waals surface area contributed by atoms with Gasteiger partial charge in [0.05, 0.1) is 7.11 Å². The van der Waals surface area contributed by atoms with Crippen molar-refractivity contribution in [2.24, 2.45) is 0 Å². The number of likely N-dealkylation sites (tertiary alicyclic amines) is 1. The van der Waals surface area contributed by atoms with E-state index < -0.39 is 10.0 Å². The lowest BCUT2D eigenvalue weighted by Gasteiger charge is -2.31. The van der Waals surface area contributed by atoms with E-state index in [0.29, 0.717) is 29.8 Å². The van der Waals surface area contributed by atoms with Crippen LogP contribution in [0.4, 0.5) is 0 Å². The maximum absolute atomic E-state index is 12.5. The first-order valence-electron chi connectivity index (χ1n) is 8.58. The summed E-state index contributed by atoms with van der Waals surface area (Å²) in [5.74, 6) is 0.928. The van der Waals surface area contributed by atoms with E-state index in [-0.39, 0.29) is 4.90 Å². The summed E-state index contributed by atoms with van der Waals surface area (Å²) in [6.07, 6.45) is 2.24. The number of ether oxygens (including phenoxy) is 1. The summed E-state index contributed by atoms with van der Waals surface area (Å²) in [5.41, 5.74) is 0. The Kier molecular flexibility index (Phi) is 6.58. The highest BCUT2D eigenvalue weighted by atomic mass is 35.5. The SMILES string of the molecule is COc1ccc(Cl)cc1S(=O)(=O)NCCN1CCC(c2cccs2)CC1. The van der Waals surface area contributed by atoms with Gasteiger partial charge < -0.3 is 9.64 Å². The third-order valence-corrected chi connectivity index (χ3v) is 7.42. The Hall–Kier alpha value is -1.12. The third-order valence-electron chi connectivity index (χ3n) is 4.67. The van der Waals surface area contributed by atoms with Crippen molar-refractivity contribution in [3.05, 3.63) is 45.6 Å². The fraction of sp³-hybridized carbons (Fsp3) is 0.444. The molecular weight excluding hydrogens is 392 g/mol. The van der Waals surface area contributed by atoms with Crippen LogP contribution >= 0.6 is 22.9 Å². The van der Waals surface area contributed by atoms with Crippen molar-refractivity contribution in [2.75, 3.05) is 33.3 Å². The summed E-state index contributed by atoms with van der Waals surface area (Å²) in [5, 5.41) is 2.49. The molecule has 3 rings (SSSR count). The van der Waals surface area contributed by atoms with E-state index in [1.807, 2.05) is 11.3 Å². The summed E-state index contributed by atoms with van der Waals surface area (Å²) in [7, 11) is -2.21. The molecule has 142 valence electrons. The molecule has 2 heterocycles. The van der Waals surface area contributed by atoms with Crippen LogP contribution < -0.4 is 9.46 Å². The number of rotatable bonds is 7. The smallest absolute Gasteiger partial charge is 0.244 e. The van der Waals surface area contributed by atoms with Crippen molar-refractivity contribution in [2.45, 2.75) is 23.7 Å². The van der Waals surface area contributed by atoms with E-state index in [4.69, 9.17) is 16.3 Å². The molecule has 8 heteroatoms. The van der Waals surface area contributed by atoms with Crippen LogP contribution in [0.2, 0.25) is 5.02 Å². The van der Waals surface area contributed by atoms with E-state index in [1.165, 1.54) is 18.1 Å². The van der Waals surface area contributed by atoms with Crippen molar-refractivity contribution >= 4 is 33.0 Å². The Bertz CT molecular complexity index is 817. The van der Waals surface area contributed by atoms with Gasteiger partial charge in [0, 0.05) is 23.0 Å². The lowest BCUT2D eigenvalue weighted by molar-refractivity contribution is 0.217. The molecule has 0 aliphatic carbocycles. The molecule has 0 amide bonds. The molecule has 0 unspecified atom stereocenters. The second kappa shape index (κ2) is 8.71. The number of sulfonamides is 1. The molecule has 0 atom stereocenters. The van der Waals surface area contributed by atoms with Crippen LogP contribution in [0.1, 0.15) is 23.6 Å². The van der Waals surface area contributed by atoms with E-state index in [2.05, 4.69) is 27.1 Å². The van der Waals surface area contributed by atoms with Crippen LogP contribution in [0, 0.1) is 0 Å². The van der Waals surface area contributed by atoms with Crippen molar-refractivity contribution in [1.82, 2.24) is 9.62 Å². The molecule has 26 heavy (non-hydrogen) atoms. The molecular formula is C18H23ClN2O3S2. The van der Waals surface area contributed by atoms with Gasteiger partial charge in [-0.25, -0.2) is 13.1 Å². The zero-order chi connectivity index (χ0) is 18.6. The van der Waals surface area contributed by atoms with Gasteiger partial charge in [0.2, 0.25) is 10.0 Å². The normalized spacial score (nSPS) is 16.7. The second-order valence-corrected chi connectivity index (χ2v) is 9.48. The monoisotopic (exact) mass is 414 g/mol. The summed E-state index contributed by atoms with van der Waals surface area (Å²) in [6, 6.07) is 8.89. The highest BCUT2D eigenvalue weighted by molar-refractivity contribution is 7.89. The van der Waals surface area contributed by atoms with Crippen molar-refractivity contribution < 1.29 is 13.2 Å². The highest BCUT2D eigenvalue weighted by Crippen LogP contribution is 2.31. The van der Waals surface area contributed by atoms with Gasteiger partial charge in [-0.15, -0.1) is 11.3 Å². The number of hydrogen-bond donors (Lipinski definition) is 1. The zero-order valence-electron chi connectivity index (χ0n) is 14.7. The maximum atomic E-state index is 12.5. The number of methoxy groups -OCH3 is 1. The van der Waals surface area contributed by atoms with Crippen LogP contribution in [0.5, 0.6) is 5.75 Å². The summed E-state index contributed by atoms with van der Waals surface area (Å²) in [6.45, 7) is 3.04. The van der Waals surface area contributed by atoms with Crippen LogP contribution in [0.3, 0.4) is 0 Å². The quantitative estimate of drug-likeness (QED) is 0.752. The van der Waals surface area contributed by atoms with Crippen molar-refractivity contribution in [3.8, 4) is 5.75 Å². The van der Waals surface area contributed by atoms with Gasteiger partial charge in [0.1, 0.15) is 10.6 Å². The van der Waals surface area contributed by atoms with E-state index >= 15 is 0 Å². The molecule has 0 spiro atoms. The largest absolute Gasteiger partial charge is 0.495 e. The van der Waals surface area contributed by atoms with Crippen LogP contribution in [-0.4, -0.2) is 46.6 Å². The maximum Gasteiger partial charge on any atom is 0.244 e. The van der Waals surface area contributed by atoms with Gasteiger partial charge in [0.25, 0.3) is 0 Å². The number of hydrogen-bond acceptors (Lipinski definition) is 5. The topological polar surface area (TPSA) is 58.6 Å². The average Bonchev–Trinajstić information content (AvgIpc) is 3.17. The lowest BCUT2D eigenvalue weighted by Crippen LogP contribution is -2.39. The number of benzene rings is 1. The summed E-state index contributed by atoms with van der Waals surface area (Å²) >= 11 is 7.76. The van der Waals surface area contributed by atoms with Gasteiger partial charge in [-0.05, 0) is 61.5 Å². The molecule has 5 nitrogen and oxygen atoms in total. The van der Waals surface area contributed by atoms with Crippen LogP contribution in [-0.2, 0) is 10.0 Å². The molecule has 0 bridgehead atoms. The predicted molar refractivity (Wildman–Crippen MR) is 106 cm³/mol. The van der Waals surface area contributed by atoms with Gasteiger partial charge in [-0.2, -0.15) is 0 Å². The minimum absolute atomic E-state index is 0.0731. The molecule has 1 aliphatic rings. The molecule has 1 aliphatic heterocycles. The van der Waals surface area contributed by atoms with Gasteiger partial charge in [-0.1, -0.05) is 17.7 Å². The standard InChI is InChI=1S/C18H23ClN2O3S2/c1-24-16-5-4-15(19)13-18(16)26(22,23)20-8-11-21-9-6-14(7-10-21)17-3-2-12-25-17/h2-5,12-14,20H,6-11H2,1H3. The van der Waals surface area contributed by atoms with Gasteiger partial charge >= 0.3 is 0 Å². The highest BCUT2D eigenvalue weighted by Gasteiger charge is 2.23. The number of nitrogens with one attached hydrogen (secondary N) is 1. The third kappa shape index (κ3) is 4.78. The molecule has 1 N–H and O–H groups in total. The number of halogens is 1. The Labute approximate surface area is 164 Å². The first kappa shape index (κ1) is 19.6. The van der Waals surface area contributed by atoms with E-state index in [0.717, 1.165) is 25.9 Å². The first-order valence-corrected chi connectivity index (χ1v) is 11.3. The Morgan fingerprint density at radius 2 is 2.08 bits per heavy atom. The average molecular weight is 415 g/mol. The predicted octanol–water partition coefficient (Wildman–Crippen LogP) is 3.57. The summed E-state index contributed by atoms with van der Waals surface area (Å²) in [4.78, 5) is 3.84. The first-order chi connectivity index (χ1) is 12.5. The van der Waals surface area contributed by atoms with Crippen LogP contribution in [0.25, 0.3) is 0 Å². The minimum Gasteiger partial charge on any atom is -0.495 e. The minimum atomic E-state index is -3.66. The van der Waals surface area contributed by atoms with Crippen LogP contribution in [0.15, 0.2) is 40.6 Å². The summed E-state index contributed by atoms with van der Waals surface area (Å²) < 4.78 is 32.9.